The van der Waals surface area contributed by atoms with Gasteiger partial charge in [0.25, 0.3) is 0 Å². The molecule has 0 radical (unpaired) electrons. The highest BCUT2D eigenvalue weighted by Gasteiger charge is 2.10. The van der Waals surface area contributed by atoms with Crippen molar-refractivity contribution in [1.82, 2.24) is 15.1 Å². The second-order valence-electron chi connectivity index (χ2n) is 4.77. The van der Waals surface area contributed by atoms with Crippen molar-refractivity contribution in [1.29, 1.82) is 0 Å². The van der Waals surface area contributed by atoms with Crippen LogP contribution in [0.4, 0.5) is 0 Å². The van der Waals surface area contributed by atoms with Crippen molar-refractivity contribution in [2.75, 3.05) is 58.3 Å². The number of nitrogens with one attached hydrogen (secondary N) is 1. The van der Waals surface area contributed by atoms with Crippen molar-refractivity contribution < 1.29 is 0 Å². The van der Waals surface area contributed by atoms with E-state index in [1.807, 2.05) is 11.8 Å². The first kappa shape index (κ1) is 18.2. The summed E-state index contributed by atoms with van der Waals surface area (Å²) >= 11 is 1.95. The van der Waals surface area contributed by atoms with Crippen LogP contribution in [0.5, 0.6) is 0 Å². The van der Waals surface area contributed by atoms with Crippen molar-refractivity contribution in [3.8, 4) is 0 Å². The van der Waals surface area contributed by atoms with Crippen LogP contribution in [0.15, 0.2) is 0 Å². The van der Waals surface area contributed by atoms with Gasteiger partial charge in [0.15, 0.2) is 0 Å². The van der Waals surface area contributed by atoms with E-state index < -0.39 is 0 Å². The average molecular weight is 276 g/mol. The van der Waals surface area contributed by atoms with Gasteiger partial charge in [0.2, 0.25) is 0 Å². The van der Waals surface area contributed by atoms with Crippen LogP contribution < -0.4 is 5.32 Å². The maximum Gasteiger partial charge on any atom is 0.0181 e. The van der Waals surface area contributed by atoms with Crippen LogP contribution in [-0.2, 0) is 0 Å². The van der Waals surface area contributed by atoms with Gasteiger partial charge in [0.1, 0.15) is 0 Å². The Labute approximate surface area is 119 Å². The summed E-state index contributed by atoms with van der Waals surface area (Å²) in [5.41, 5.74) is 0. The van der Waals surface area contributed by atoms with Crippen molar-refractivity contribution in [2.45, 2.75) is 33.2 Å². The van der Waals surface area contributed by atoms with E-state index in [4.69, 9.17) is 0 Å². The predicted octanol–water partition coefficient (Wildman–Crippen LogP) is 1.99. The molecule has 1 N–H and O–H groups in total. The van der Waals surface area contributed by atoms with Gasteiger partial charge in [-0.2, -0.15) is 11.8 Å². The van der Waals surface area contributed by atoms with Crippen LogP contribution in [0.25, 0.3) is 0 Å². The fraction of sp³-hybridized carbons (Fsp3) is 1.00. The van der Waals surface area contributed by atoms with Gasteiger partial charge in [0.05, 0.1) is 0 Å². The molecule has 0 aromatic carbocycles. The first-order valence-corrected chi connectivity index (χ1v) is 8.71. The van der Waals surface area contributed by atoms with E-state index in [9.17, 15) is 0 Å². The largest absolute Gasteiger partial charge is 0.314 e. The van der Waals surface area contributed by atoms with E-state index in [1.54, 1.807) is 0 Å². The second-order valence-corrected chi connectivity index (χ2v) is 5.69. The molecule has 0 aliphatic heterocycles. The first-order chi connectivity index (χ1) is 8.69. The van der Waals surface area contributed by atoms with Crippen LogP contribution in [0.2, 0.25) is 0 Å². The van der Waals surface area contributed by atoms with E-state index in [2.05, 4.69) is 49.2 Å². The summed E-state index contributed by atoms with van der Waals surface area (Å²) in [5, 5.41) is 3.55. The third kappa shape index (κ3) is 8.35. The normalized spacial score (nSPS) is 13.5. The minimum Gasteiger partial charge on any atom is -0.314 e. The molecule has 0 aromatic heterocycles. The molecule has 0 saturated carbocycles. The fourth-order valence-electron chi connectivity index (χ4n) is 2.09. The van der Waals surface area contributed by atoms with Crippen molar-refractivity contribution >= 4 is 11.8 Å². The molecule has 0 aliphatic carbocycles. The zero-order valence-electron chi connectivity index (χ0n) is 13.0. The second kappa shape index (κ2) is 12.3. The van der Waals surface area contributed by atoms with Crippen LogP contribution in [0, 0.1) is 0 Å². The summed E-state index contributed by atoms with van der Waals surface area (Å²) in [6.07, 6.45) is 3.44. The molecular weight excluding hydrogens is 242 g/mol. The SMILES string of the molecule is CCC(CSC)N(C)CCNCCN(CC)CC. The van der Waals surface area contributed by atoms with Crippen molar-refractivity contribution in [3.05, 3.63) is 0 Å². The highest BCUT2D eigenvalue weighted by atomic mass is 32.2. The number of nitrogens with zero attached hydrogens (tertiary/aromatic N) is 2. The topological polar surface area (TPSA) is 18.5 Å². The van der Waals surface area contributed by atoms with E-state index in [0.717, 1.165) is 38.8 Å². The standard InChI is InChI=1S/C14H33N3S/c1-6-14(13-18-5)16(4)11-9-15-10-12-17(7-2)8-3/h14-15H,6-13H2,1-5H3. The average Bonchev–Trinajstić information content (AvgIpc) is 2.39. The minimum atomic E-state index is 0.726. The molecule has 0 bridgehead atoms. The summed E-state index contributed by atoms with van der Waals surface area (Å²) in [7, 11) is 2.25. The van der Waals surface area contributed by atoms with Gasteiger partial charge >= 0.3 is 0 Å². The molecule has 4 heteroatoms. The predicted molar refractivity (Wildman–Crippen MR) is 85.7 cm³/mol. The van der Waals surface area contributed by atoms with Crippen LogP contribution in [0.3, 0.4) is 0 Å². The first-order valence-electron chi connectivity index (χ1n) is 7.31. The summed E-state index contributed by atoms with van der Waals surface area (Å²) in [6.45, 7) is 13.6. The smallest absolute Gasteiger partial charge is 0.0181 e. The lowest BCUT2D eigenvalue weighted by molar-refractivity contribution is 0.251. The van der Waals surface area contributed by atoms with Gasteiger partial charge in [-0.15, -0.1) is 0 Å². The number of rotatable bonds is 12. The zero-order chi connectivity index (χ0) is 13.8. The maximum atomic E-state index is 3.55. The zero-order valence-corrected chi connectivity index (χ0v) is 13.9. The third-order valence-electron chi connectivity index (χ3n) is 3.59. The Balaban J connectivity index is 3.58. The van der Waals surface area contributed by atoms with E-state index in [0.29, 0.717) is 0 Å². The van der Waals surface area contributed by atoms with E-state index in [1.165, 1.54) is 18.7 Å². The van der Waals surface area contributed by atoms with Crippen LogP contribution in [-0.4, -0.2) is 74.2 Å². The van der Waals surface area contributed by atoms with Gasteiger partial charge in [0, 0.05) is 38.0 Å². The summed E-state index contributed by atoms with van der Waals surface area (Å²) in [5.74, 6) is 1.24. The Morgan fingerprint density at radius 3 is 2.17 bits per heavy atom. The molecule has 0 heterocycles. The number of hydrogen-bond donors (Lipinski definition) is 1. The Morgan fingerprint density at radius 1 is 1.06 bits per heavy atom. The lowest BCUT2D eigenvalue weighted by Crippen LogP contribution is -2.40. The van der Waals surface area contributed by atoms with E-state index in [-0.39, 0.29) is 0 Å². The molecule has 0 fully saturated rings. The Morgan fingerprint density at radius 2 is 1.67 bits per heavy atom. The Bertz CT molecular complexity index is 174. The Kier molecular flexibility index (Phi) is 12.4. The van der Waals surface area contributed by atoms with Gasteiger partial charge in [-0.1, -0.05) is 20.8 Å². The monoisotopic (exact) mass is 275 g/mol. The van der Waals surface area contributed by atoms with Crippen molar-refractivity contribution in [3.63, 3.8) is 0 Å². The van der Waals surface area contributed by atoms with E-state index >= 15 is 0 Å². The highest BCUT2D eigenvalue weighted by Crippen LogP contribution is 2.07. The molecule has 0 aromatic rings. The molecule has 0 saturated heterocycles. The minimum absolute atomic E-state index is 0.726. The van der Waals surface area contributed by atoms with Gasteiger partial charge in [-0.05, 0) is 32.8 Å². The molecule has 110 valence electrons. The summed E-state index contributed by atoms with van der Waals surface area (Å²) in [6, 6.07) is 0.726. The third-order valence-corrected chi connectivity index (χ3v) is 4.31. The number of likely N-dealkylation sites (N-methyl/N-ethyl adjacent to an activating group) is 2. The van der Waals surface area contributed by atoms with Crippen LogP contribution in [0.1, 0.15) is 27.2 Å². The summed E-state index contributed by atoms with van der Waals surface area (Å²) in [4.78, 5) is 4.94. The molecule has 1 unspecified atom stereocenters. The van der Waals surface area contributed by atoms with Gasteiger partial charge < -0.3 is 15.1 Å². The lowest BCUT2D eigenvalue weighted by Gasteiger charge is -2.26. The molecule has 0 spiro atoms. The Hall–Kier alpha value is 0.230. The quantitative estimate of drug-likeness (QED) is 0.549. The molecule has 0 aliphatic rings. The molecule has 0 amide bonds. The van der Waals surface area contributed by atoms with Crippen molar-refractivity contribution in [2.24, 2.45) is 0 Å². The molecular formula is C14H33N3S. The summed E-state index contributed by atoms with van der Waals surface area (Å²) < 4.78 is 0. The van der Waals surface area contributed by atoms with Crippen LogP contribution >= 0.6 is 11.8 Å². The number of hydrogen-bond acceptors (Lipinski definition) is 4. The molecule has 18 heavy (non-hydrogen) atoms. The maximum absolute atomic E-state index is 3.55. The van der Waals surface area contributed by atoms with Gasteiger partial charge in [-0.3, -0.25) is 0 Å². The highest BCUT2D eigenvalue weighted by molar-refractivity contribution is 7.98. The fourth-order valence-corrected chi connectivity index (χ4v) is 2.96. The lowest BCUT2D eigenvalue weighted by atomic mass is 10.2. The van der Waals surface area contributed by atoms with Gasteiger partial charge in [-0.25, -0.2) is 0 Å². The molecule has 3 nitrogen and oxygen atoms in total. The molecule has 0 rings (SSSR count). The molecule has 1 atom stereocenters. The number of thioether (sulfide) groups is 1.